The molecule has 2 aromatic carbocycles. The highest BCUT2D eigenvalue weighted by Gasteiger charge is 2.33. The summed E-state index contributed by atoms with van der Waals surface area (Å²) < 4.78 is 13.4. The Morgan fingerprint density at radius 2 is 1.74 bits per heavy atom. The van der Waals surface area contributed by atoms with E-state index in [9.17, 15) is 14.0 Å². The Labute approximate surface area is 192 Å². The van der Waals surface area contributed by atoms with Crippen LogP contribution in [0.2, 0.25) is 5.02 Å². The molecule has 7 heteroatoms. The van der Waals surface area contributed by atoms with Gasteiger partial charge in [-0.1, -0.05) is 55.6 Å². The first-order valence-electron chi connectivity index (χ1n) is 10.5. The second-order valence-corrected chi connectivity index (χ2v) is 8.82. The summed E-state index contributed by atoms with van der Waals surface area (Å²) in [5.74, 6) is -0.882. The molecule has 1 fully saturated rings. The van der Waals surface area contributed by atoms with Gasteiger partial charge in [0.05, 0.1) is 0 Å². The summed E-state index contributed by atoms with van der Waals surface area (Å²) >= 11 is 12.0. The van der Waals surface area contributed by atoms with Gasteiger partial charge < -0.3 is 10.2 Å². The number of nitrogens with one attached hydrogen (secondary N) is 1. The van der Waals surface area contributed by atoms with Gasteiger partial charge in [-0.25, -0.2) is 4.39 Å². The molecule has 1 N–H and O–H groups in total. The van der Waals surface area contributed by atoms with Crippen LogP contribution in [0, 0.1) is 11.7 Å². The Bertz CT molecular complexity index is 889. The highest BCUT2D eigenvalue weighted by molar-refractivity contribution is 6.30. The predicted octanol–water partition coefficient (Wildman–Crippen LogP) is 5.48. The maximum atomic E-state index is 13.5. The van der Waals surface area contributed by atoms with Crippen molar-refractivity contribution < 1.29 is 14.0 Å². The van der Waals surface area contributed by atoms with E-state index in [0.717, 1.165) is 25.7 Å². The van der Waals surface area contributed by atoms with E-state index in [4.69, 9.17) is 23.2 Å². The van der Waals surface area contributed by atoms with Crippen molar-refractivity contribution in [1.82, 2.24) is 10.2 Å². The maximum absolute atomic E-state index is 13.5. The molecule has 1 aliphatic rings. The van der Waals surface area contributed by atoms with E-state index in [-0.39, 0.29) is 36.1 Å². The van der Waals surface area contributed by atoms with Crippen molar-refractivity contribution in [3.05, 3.63) is 70.5 Å². The van der Waals surface area contributed by atoms with Crippen LogP contribution in [-0.2, 0) is 16.1 Å². The van der Waals surface area contributed by atoms with Gasteiger partial charge in [-0.15, -0.1) is 11.6 Å². The molecule has 1 saturated carbocycles. The molecule has 0 spiro atoms. The van der Waals surface area contributed by atoms with E-state index in [1.54, 1.807) is 36.4 Å². The lowest BCUT2D eigenvalue weighted by molar-refractivity contribution is -0.140. The minimum atomic E-state index is -0.873. The molecule has 166 valence electrons. The summed E-state index contributed by atoms with van der Waals surface area (Å²) in [5.41, 5.74) is 1.35. The SMILES string of the molecule is C[C@@H]1CCCC[C@H]1NC(=O)[C@@H](c1ccc(Cl)cc1)N(Cc1ccc(F)cc1)C(=O)CCl. The number of nitrogens with zero attached hydrogens (tertiary/aromatic N) is 1. The molecule has 3 rings (SSSR count). The number of halogens is 3. The zero-order valence-corrected chi connectivity index (χ0v) is 19.0. The van der Waals surface area contributed by atoms with E-state index >= 15 is 0 Å². The van der Waals surface area contributed by atoms with Crippen molar-refractivity contribution in [2.24, 2.45) is 5.92 Å². The van der Waals surface area contributed by atoms with E-state index in [0.29, 0.717) is 22.1 Å². The number of hydrogen-bond acceptors (Lipinski definition) is 2. The van der Waals surface area contributed by atoms with Crippen LogP contribution < -0.4 is 5.32 Å². The third-order valence-electron chi connectivity index (χ3n) is 5.89. The average molecular weight is 465 g/mol. The van der Waals surface area contributed by atoms with E-state index < -0.39 is 6.04 Å². The highest BCUT2D eigenvalue weighted by Crippen LogP contribution is 2.28. The second-order valence-electron chi connectivity index (χ2n) is 8.11. The van der Waals surface area contributed by atoms with Crippen LogP contribution >= 0.6 is 23.2 Å². The van der Waals surface area contributed by atoms with Crippen LogP contribution in [-0.4, -0.2) is 28.6 Å². The van der Waals surface area contributed by atoms with Gasteiger partial charge in [-0.2, -0.15) is 0 Å². The number of alkyl halides is 1. The molecular weight excluding hydrogens is 438 g/mol. The van der Waals surface area contributed by atoms with Gasteiger partial charge in [0.25, 0.3) is 0 Å². The molecule has 0 bridgehead atoms. The molecule has 0 saturated heterocycles. The van der Waals surface area contributed by atoms with Gasteiger partial charge in [0.15, 0.2) is 0 Å². The fourth-order valence-corrected chi connectivity index (χ4v) is 4.38. The summed E-state index contributed by atoms with van der Waals surface area (Å²) in [5, 5.41) is 3.71. The van der Waals surface area contributed by atoms with Gasteiger partial charge in [0.1, 0.15) is 17.7 Å². The second kappa shape index (κ2) is 11.0. The Kier molecular flexibility index (Phi) is 8.33. The number of rotatable bonds is 7. The average Bonchev–Trinajstić information content (AvgIpc) is 2.77. The molecule has 1 aliphatic carbocycles. The quantitative estimate of drug-likeness (QED) is 0.551. The molecule has 0 unspecified atom stereocenters. The number of carbonyl (C=O) groups excluding carboxylic acids is 2. The topological polar surface area (TPSA) is 49.4 Å². The van der Waals surface area contributed by atoms with Crippen molar-refractivity contribution in [3.63, 3.8) is 0 Å². The van der Waals surface area contributed by atoms with Gasteiger partial charge in [0.2, 0.25) is 11.8 Å². The van der Waals surface area contributed by atoms with Crippen LogP contribution in [0.5, 0.6) is 0 Å². The van der Waals surface area contributed by atoms with Crippen molar-refractivity contribution in [2.75, 3.05) is 5.88 Å². The zero-order chi connectivity index (χ0) is 22.4. The maximum Gasteiger partial charge on any atom is 0.247 e. The minimum Gasteiger partial charge on any atom is -0.351 e. The van der Waals surface area contributed by atoms with Crippen molar-refractivity contribution in [2.45, 2.75) is 51.2 Å². The van der Waals surface area contributed by atoms with Crippen LogP contribution in [0.25, 0.3) is 0 Å². The summed E-state index contributed by atoms with van der Waals surface area (Å²) in [4.78, 5) is 27.8. The monoisotopic (exact) mass is 464 g/mol. The van der Waals surface area contributed by atoms with Gasteiger partial charge in [0, 0.05) is 17.6 Å². The first-order valence-corrected chi connectivity index (χ1v) is 11.5. The smallest absolute Gasteiger partial charge is 0.247 e. The summed E-state index contributed by atoms with van der Waals surface area (Å²) in [6.07, 6.45) is 4.22. The number of amides is 2. The van der Waals surface area contributed by atoms with Gasteiger partial charge in [-0.3, -0.25) is 9.59 Å². The minimum absolute atomic E-state index is 0.0647. The van der Waals surface area contributed by atoms with E-state index in [2.05, 4.69) is 12.2 Å². The summed E-state index contributed by atoms with van der Waals surface area (Å²) in [7, 11) is 0. The highest BCUT2D eigenvalue weighted by atomic mass is 35.5. The molecule has 0 aromatic heterocycles. The van der Waals surface area contributed by atoms with Gasteiger partial charge in [-0.05, 0) is 54.2 Å². The lowest BCUT2D eigenvalue weighted by atomic mass is 9.85. The number of carbonyl (C=O) groups is 2. The number of hydrogen-bond donors (Lipinski definition) is 1. The lowest BCUT2D eigenvalue weighted by Crippen LogP contribution is -2.49. The van der Waals surface area contributed by atoms with Gasteiger partial charge >= 0.3 is 0 Å². The Morgan fingerprint density at radius 1 is 1.10 bits per heavy atom. The van der Waals surface area contributed by atoms with Crippen molar-refractivity contribution in [3.8, 4) is 0 Å². The molecule has 31 heavy (non-hydrogen) atoms. The van der Waals surface area contributed by atoms with Crippen LogP contribution in [0.15, 0.2) is 48.5 Å². The van der Waals surface area contributed by atoms with E-state index in [1.807, 2.05) is 0 Å². The van der Waals surface area contributed by atoms with Crippen molar-refractivity contribution in [1.29, 1.82) is 0 Å². The fraction of sp³-hybridized carbons (Fsp3) is 0.417. The van der Waals surface area contributed by atoms with Crippen LogP contribution in [0.3, 0.4) is 0 Å². The Hall–Kier alpha value is -2.11. The Balaban J connectivity index is 1.94. The largest absolute Gasteiger partial charge is 0.351 e. The first kappa shape index (κ1) is 23.6. The zero-order valence-electron chi connectivity index (χ0n) is 17.5. The molecular formula is C24H27Cl2FN2O2. The van der Waals surface area contributed by atoms with Crippen molar-refractivity contribution >= 4 is 35.0 Å². The molecule has 4 nitrogen and oxygen atoms in total. The first-order chi connectivity index (χ1) is 14.9. The standard InChI is InChI=1S/C24H27Cl2FN2O2/c1-16-4-2-3-5-21(16)28-24(31)23(18-8-10-19(26)11-9-18)29(22(30)14-25)15-17-6-12-20(27)13-7-17/h6-13,16,21,23H,2-5,14-15H2,1H3,(H,28,31)/t16-,21-,23-/m1/s1. The van der Waals surface area contributed by atoms with Crippen LogP contribution in [0.4, 0.5) is 4.39 Å². The third kappa shape index (κ3) is 6.20. The summed E-state index contributed by atoms with van der Waals surface area (Å²) in [6.45, 7) is 2.27. The van der Waals surface area contributed by atoms with Crippen LogP contribution in [0.1, 0.15) is 49.8 Å². The lowest BCUT2D eigenvalue weighted by Gasteiger charge is -2.35. The summed E-state index contributed by atoms with van der Waals surface area (Å²) in [6, 6.07) is 11.9. The number of benzene rings is 2. The third-order valence-corrected chi connectivity index (χ3v) is 6.37. The molecule has 3 atom stereocenters. The fourth-order valence-electron chi connectivity index (χ4n) is 4.10. The normalized spacial score (nSPS) is 19.5. The van der Waals surface area contributed by atoms with E-state index in [1.165, 1.54) is 17.0 Å². The molecule has 2 amide bonds. The Morgan fingerprint density at radius 3 is 2.35 bits per heavy atom. The molecule has 0 aliphatic heterocycles. The molecule has 0 heterocycles. The molecule has 2 aromatic rings. The predicted molar refractivity (Wildman–Crippen MR) is 121 cm³/mol. The molecule has 0 radical (unpaired) electrons.